The quantitative estimate of drug-likeness (QED) is 0.879. The average molecular weight is 273 g/mol. The van der Waals surface area contributed by atoms with Crippen LogP contribution in [-0.4, -0.2) is 29.6 Å². The third kappa shape index (κ3) is 3.48. The molecule has 1 N–H and O–H groups in total. The Labute approximate surface area is 118 Å². The van der Waals surface area contributed by atoms with Crippen LogP contribution in [0.4, 0.5) is 0 Å². The smallest absolute Gasteiger partial charge is 0.335 e. The van der Waals surface area contributed by atoms with Crippen LogP contribution in [0.1, 0.15) is 27.2 Å². The molecule has 1 aromatic heterocycles. The molecule has 0 saturated heterocycles. The van der Waals surface area contributed by atoms with Gasteiger partial charge >= 0.3 is 5.97 Å². The highest BCUT2D eigenvalue weighted by Crippen LogP contribution is 2.13. The molecule has 0 aliphatic heterocycles. The molecule has 0 fully saturated rings. The SMILES string of the molecule is Cc1occc1CN(C)CCc1ccccc1C(=O)O. The van der Waals surface area contributed by atoms with E-state index in [1.54, 1.807) is 18.4 Å². The largest absolute Gasteiger partial charge is 0.478 e. The number of carboxylic acid groups (broad SMARTS) is 1. The second-order valence-electron chi connectivity index (χ2n) is 4.95. The van der Waals surface area contributed by atoms with Crippen molar-refractivity contribution in [1.82, 2.24) is 4.90 Å². The summed E-state index contributed by atoms with van der Waals surface area (Å²) in [6.07, 6.45) is 2.41. The number of hydrogen-bond donors (Lipinski definition) is 1. The van der Waals surface area contributed by atoms with Crippen molar-refractivity contribution >= 4 is 5.97 Å². The van der Waals surface area contributed by atoms with Crippen LogP contribution in [0.5, 0.6) is 0 Å². The van der Waals surface area contributed by atoms with Gasteiger partial charge < -0.3 is 14.4 Å². The summed E-state index contributed by atoms with van der Waals surface area (Å²) in [5.41, 5.74) is 2.43. The van der Waals surface area contributed by atoms with E-state index in [1.807, 2.05) is 32.2 Å². The van der Waals surface area contributed by atoms with Crippen LogP contribution in [0.3, 0.4) is 0 Å². The van der Waals surface area contributed by atoms with E-state index in [2.05, 4.69) is 4.90 Å². The Balaban J connectivity index is 1.95. The molecule has 4 heteroatoms. The van der Waals surface area contributed by atoms with Crippen LogP contribution in [0.25, 0.3) is 0 Å². The zero-order valence-corrected chi connectivity index (χ0v) is 11.8. The maximum absolute atomic E-state index is 11.1. The monoisotopic (exact) mass is 273 g/mol. The first-order chi connectivity index (χ1) is 9.58. The lowest BCUT2D eigenvalue weighted by Crippen LogP contribution is -2.21. The molecule has 0 aliphatic carbocycles. The molecule has 106 valence electrons. The number of rotatable bonds is 6. The Hall–Kier alpha value is -2.07. The summed E-state index contributed by atoms with van der Waals surface area (Å²) in [5, 5.41) is 9.15. The molecular weight excluding hydrogens is 254 g/mol. The Bertz CT molecular complexity index is 589. The van der Waals surface area contributed by atoms with Crippen LogP contribution in [-0.2, 0) is 13.0 Å². The number of benzene rings is 1. The first-order valence-electron chi connectivity index (χ1n) is 6.60. The number of aromatic carboxylic acids is 1. The van der Waals surface area contributed by atoms with Gasteiger partial charge in [0, 0.05) is 18.7 Å². The van der Waals surface area contributed by atoms with Crippen molar-refractivity contribution in [3.05, 3.63) is 59.0 Å². The Morgan fingerprint density at radius 3 is 2.65 bits per heavy atom. The lowest BCUT2D eigenvalue weighted by atomic mass is 10.0. The first kappa shape index (κ1) is 14.3. The normalized spacial score (nSPS) is 10.9. The van der Waals surface area contributed by atoms with Crippen molar-refractivity contribution < 1.29 is 14.3 Å². The minimum atomic E-state index is -0.867. The zero-order chi connectivity index (χ0) is 14.5. The number of furan rings is 1. The van der Waals surface area contributed by atoms with Gasteiger partial charge in [0.1, 0.15) is 5.76 Å². The molecule has 2 aromatic rings. The van der Waals surface area contributed by atoms with Crippen LogP contribution in [0.2, 0.25) is 0 Å². The molecule has 0 radical (unpaired) electrons. The predicted octanol–water partition coefficient (Wildman–Crippen LogP) is 2.96. The first-order valence-corrected chi connectivity index (χ1v) is 6.60. The fourth-order valence-corrected chi connectivity index (χ4v) is 2.20. The van der Waals surface area contributed by atoms with E-state index < -0.39 is 5.97 Å². The zero-order valence-electron chi connectivity index (χ0n) is 11.8. The predicted molar refractivity (Wildman–Crippen MR) is 76.9 cm³/mol. The van der Waals surface area contributed by atoms with Gasteiger partial charge in [0.2, 0.25) is 0 Å². The summed E-state index contributed by atoms with van der Waals surface area (Å²) < 4.78 is 5.27. The lowest BCUT2D eigenvalue weighted by Gasteiger charge is -2.16. The highest BCUT2D eigenvalue weighted by Gasteiger charge is 2.10. The van der Waals surface area contributed by atoms with Gasteiger partial charge in [0.25, 0.3) is 0 Å². The van der Waals surface area contributed by atoms with E-state index in [0.29, 0.717) is 5.56 Å². The summed E-state index contributed by atoms with van der Waals surface area (Å²) in [7, 11) is 2.02. The van der Waals surface area contributed by atoms with Crippen LogP contribution >= 0.6 is 0 Å². The van der Waals surface area contributed by atoms with E-state index in [4.69, 9.17) is 9.52 Å². The molecular formula is C16H19NO3. The number of carbonyl (C=O) groups is 1. The molecule has 0 atom stereocenters. The second kappa shape index (κ2) is 6.39. The van der Waals surface area contributed by atoms with E-state index in [-0.39, 0.29) is 0 Å². The Morgan fingerprint density at radius 1 is 1.25 bits per heavy atom. The molecule has 0 unspecified atom stereocenters. The molecule has 20 heavy (non-hydrogen) atoms. The maximum Gasteiger partial charge on any atom is 0.335 e. The highest BCUT2D eigenvalue weighted by atomic mass is 16.4. The minimum Gasteiger partial charge on any atom is -0.478 e. The van der Waals surface area contributed by atoms with Crippen LogP contribution in [0, 0.1) is 6.92 Å². The standard InChI is InChI=1S/C16H19NO3/c1-12-14(8-10-20-12)11-17(2)9-7-13-5-3-4-6-15(13)16(18)19/h3-6,8,10H,7,9,11H2,1-2H3,(H,18,19). The number of aryl methyl sites for hydroxylation is 1. The van der Waals surface area contributed by atoms with Gasteiger partial charge in [0.05, 0.1) is 11.8 Å². The lowest BCUT2D eigenvalue weighted by molar-refractivity contribution is 0.0695. The molecule has 0 amide bonds. The summed E-state index contributed by atoms with van der Waals surface area (Å²) in [4.78, 5) is 13.3. The van der Waals surface area contributed by atoms with Crippen molar-refractivity contribution in [3.63, 3.8) is 0 Å². The van der Waals surface area contributed by atoms with Crippen LogP contribution in [0.15, 0.2) is 41.0 Å². The van der Waals surface area contributed by atoms with E-state index in [9.17, 15) is 4.79 Å². The molecule has 0 bridgehead atoms. The third-order valence-corrected chi connectivity index (χ3v) is 3.42. The second-order valence-corrected chi connectivity index (χ2v) is 4.95. The summed E-state index contributed by atoms with van der Waals surface area (Å²) in [5.74, 6) is 0.0664. The molecule has 0 aliphatic rings. The fraction of sp³-hybridized carbons (Fsp3) is 0.312. The van der Waals surface area contributed by atoms with Crippen molar-refractivity contribution in [2.45, 2.75) is 19.9 Å². The van der Waals surface area contributed by atoms with Crippen molar-refractivity contribution in [3.8, 4) is 0 Å². The minimum absolute atomic E-state index is 0.389. The van der Waals surface area contributed by atoms with Gasteiger partial charge in [-0.25, -0.2) is 4.79 Å². The molecule has 4 nitrogen and oxygen atoms in total. The maximum atomic E-state index is 11.1. The third-order valence-electron chi connectivity index (χ3n) is 3.42. The number of hydrogen-bond acceptors (Lipinski definition) is 3. The molecule has 0 spiro atoms. The summed E-state index contributed by atoms with van der Waals surface area (Å²) in [6.45, 7) is 3.55. The summed E-state index contributed by atoms with van der Waals surface area (Å²) >= 11 is 0. The van der Waals surface area contributed by atoms with E-state index >= 15 is 0 Å². The number of carboxylic acids is 1. The Morgan fingerprint density at radius 2 is 2.00 bits per heavy atom. The highest BCUT2D eigenvalue weighted by molar-refractivity contribution is 5.89. The van der Waals surface area contributed by atoms with Crippen molar-refractivity contribution in [1.29, 1.82) is 0 Å². The van der Waals surface area contributed by atoms with Gasteiger partial charge in [-0.15, -0.1) is 0 Å². The number of nitrogens with zero attached hydrogens (tertiary/aromatic N) is 1. The fourth-order valence-electron chi connectivity index (χ4n) is 2.20. The van der Waals surface area contributed by atoms with Gasteiger partial charge in [0.15, 0.2) is 0 Å². The van der Waals surface area contributed by atoms with Crippen molar-refractivity contribution in [2.75, 3.05) is 13.6 Å². The molecule has 0 saturated carbocycles. The van der Waals surface area contributed by atoms with Crippen LogP contribution < -0.4 is 0 Å². The van der Waals surface area contributed by atoms with Crippen molar-refractivity contribution in [2.24, 2.45) is 0 Å². The topological polar surface area (TPSA) is 53.7 Å². The van der Waals surface area contributed by atoms with Gasteiger partial charge in [-0.1, -0.05) is 18.2 Å². The van der Waals surface area contributed by atoms with Gasteiger partial charge in [-0.2, -0.15) is 0 Å². The van der Waals surface area contributed by atoms with E-state index in [0.717, 1.165) is 30.8 Å². The Kier molecular flexibility index (Phi) is 4.58. The van der Waals surface area contributed by atoms with Gasteiger partial charge in [-0.05, 0) is 38.1 Å². The average Bonchev–Trinajstić information content (AvgIpc) is 2.82. The number of likely N-dealkylation sites (N-methyl/N-ethyl adjacent to an activating group) is 1. The van der Waals surface area contributed by atoms with Gasteiger partial charge in [-0.3, -0.25) is 0 Å². The molecule has 1 aromatic carbocycles. The summed E-state index contributed by atoms with van der Waals surface area (Å²) in [6, 6.07) is 9.13. The van der Waals surface area contributed by atoms with E-state index in [1.165, 1.54) is 5.56 Å². The molecule has 1 heterocycles. The molecule has 2 rings (SSSR count).